The van der Waals surface area contributed by atoms with E-state index in [4.69, 9.17) is 10.00 Å². The highest BCUT2D eigenvalue weighted by molar-refractivity contribution is 5.21. The Morgan fingerprint density at radius 3 is 1.75 bits per heavy atom. The van der Waals surface area contributed by atoms with E-state index in [1.807, 2.05) is 13.8 Å². The first-order valence-corrected chi connectivity index (χ1v) is 2.63. The highest BCUT2D eigenvalue weighted by atomic mass is 16.6. The summed E-state index contributed by atoms with van der Waals surface area (Å²) in [6, 6.07) is 2.08. The number of nitrogens with zero attached hydrogens (tertiary/aromatic N) is 1. The van der Waals surface area contributed by atoms with Crippen LogP contribution < -0.4 is 0 Å². The lowest BCUT2D eigenvalue weighted by molar-refractivity contribution is 0.310. The van der Waals surface area contributed by atoms with Gasteiger partial charge in [-0.3, -0.25) is 0 Å². The Bertz CT molecular complexity index is 156. The molecule has 1 atom stereocenters. The molecule has 0 saturated carbocycles. The van der Waals surface area contributed by atoms with E-state index in [0.29, 0.717) is 0 Å². The average Bonchev–Trinajstić information content (AvgIpc) is 2.10. The van der Waals surface area contributed by atoms with Crippen LogP contribution in [0.4, 0.5) is 0 Å². The molecule has 0 radical (unpaired) electrons. The Labute approximate surface area is 49.1 Å². The van der Waals surface area contributed by atoms with Crippen molar-refractivity contribution < 1.29 is 4.74 Å². The summed E-state index contributed by atoms with van der Waals surface area (Å²) in [4.78, 5) is 0. The van der Waals surface area contributed by atoms with E-state index in [0.717, 1.165) is 0 Å². The third-order valence-corrected chi connectivity index (χ3v) is 1.78. The molecule has 44 valence electrons. The maximum absolute atomic E-state index is 8.43. The highest BCUT2D eigenvalue weighted by Crippen LogP contribution is 2.46. The molecule has 0 aromatic heterocycles. The molecule has 2 nitrogen and oxygen atoms in total. The number of epoxide rings is 1. The van der Waals surface area contributed by atoms with Gasteiger partial charge >= 0.3 is 0 Å². The largest absolute Gasteiger partial charge is 0.347 e. The number of rotatable bonds is 0. The van der Waals surface area contributed by atoms with Crippen LogP contribution in [0.5, 0.6) is 0 Å². The maximum Gasteiger partial charge on any atom is 0.180 e. The molecular weight excluding hydrogens is 102 g/mol. The van der Waals surface area contributed by atoms with Crippen LogP contribution in [-0.2, 0) is 4.74 Å². The van der Waals surface area contributed by atoms with Gasteiger partial charge < -0.3 is 4.74 Å². The molecule has 0 N–H and O–H groups in total. The highest BCUT2D eigenvalue weighted by Gasteiger charge is 2.61. The lowest BCUT2D eigenvalue weighted by Crippen LogP contribution is -2.12. The molecule has 1 aliphatic rings. The lowest BCUT2D eigenvalue weighted by atomic mass is 10.0. The average molecular weight is 111 g/mol. The minimum atomic E-state index is -0.507. The van der Waals surface area contributed by atoms with Gasteiger partial charge in [0.15, 0.2) is 5.60 Å². The third kappa shape index (κ3) is 0.452. The summed E-state index contributed by atoms with van der Waals surface area (Å²) in [6.45, 7) is 5.62. The Morgan fingerprint density at radius 2 is 1.75 bits per heavy atom. The van der Waals surface area contributed by atoms with Crippen molar-refractivity contribution in [3.05, 3.63) is 0 Å². The number of hydrogen-bond donors (Lipinski definition) is 0. The predicted octanol–water partition coefficient (Wildman–Crippen LogP) is 1.08. The second-order valence-electron chi connectivity index (χ2n) is 2.76. The van der Waals surface area contributed by atoms with E-state index in [2.05, 4.69) is 6.07 Å². The van der Waals surface area contributed by atoms with Gasteiger partial charge in [-0.05, 0) is 20.8 Å². The monoisotopic (exact) mass is 111 g/mol. The number of ether oxygens (including phenoxy) is 1. The van der Waals surface area contributed by atoms with Crippen LogP contribution in [0, 0.1) is 11.3 Å². The van der Waals surface area contributed by atoms with Crippen molar-refractivity contribution in [2.24, 2.45) is 0 Å². The summed E-state index contributed by atoms with van der Waals surface area (Å²) in [7, 11) is 0. The maximum atomic E-state index is 8.43. The smallest absolute Gasteiger partial charge is 0.180 e. The minimum absolute atomic E-state index is 0.207. The lowest BCUT2D eigenvalue weighted by Gasteiger charge is -1.92. The third-order valence-electron chi connectivity index (χ3n) is 1.78. The molecular formula is C6H9NO. The quantitative estimate of drug-likeness (QED) is 0.438. The normalized spacial score (nSPS) is 40.8. The molecule has 0 aliphatic carbocycles. The summed E-state index contributed by atoms with van der Waals surface area (Å²) in [5.41, 5.74) is -0.714. The van der Waals surface area contributed by atoms with Gasteiger partial charge in [0.25, 0.3) is 0 Å². The molecule has 1 unspecified atom stereocenters. The van der Waals surface area contributed by atoms with Crippen LogP contribution in [0.25, 0.3) is 0 Å². The number of nitriles is 1. The summed E-state index contributed by atoms with van der Waals surface area (Å²) >= 11 is 0. The van der Waals surface area contributed by atoms with Gasteiger partial charge in [-0.1, -0.05) is 0 Å². The van der Waals surface area contributed by atoms with E-state index in [9.17, 15) is 0 Å². The molecule has 1 rings (SSSR count). The van der Waals surface area contributed by atoms with Crippen molar-refractivity contribution in [1.82, 2.24) is 0 Å². The Balaban J connectivity index is 2.72. The standard InChI is InChI=1S/C6H9NO/c1-5(2)6(3,4-7)8-5/h1-3H3. The van der Waals surface area contributed by atoms with Gasteiger partial charge in [0.1, 0.15) is 11.7 Å². The van der Waals surface area contributed by atoms with Crippen LogP contribution >= 0.6 is 0 Å². The zero-order valence-electron chi connectivity index (χ0n) is 5.36. The van der Waals surface area contributed by atoms with Crippen LogP contribution in [0.15, 0.2) is 0 Å². The van der Waals surface area contributed by atoms with Crippen molar-refractivity contribution in [2.45, 2.75) is 32.0 Å². The van der Waals surface area contributed by atoms with Crippen LogP contribution in [0.3, 0.4) is 0 Å². The van der Waals surface area contributed by atoms with Gasteiger partial charge in [-0.25, -0.2) is 0 Å². The fourth-order valence-corrected chi connectivity index (χ4v) is 0.642. The Morgan fingerprint density at radius 1 is 1.38 bits per heavy atom. The van der Waals surface area contributed by atoms with Crippen molar-refractivity contribution in [2.75, 3.05) is 0 Å². The molecule has 0 amide bonds. The molecule has 0 spiro atoms. The van der Waals surface area contributed by atoms with Crippen molar-refractivity contribution in [3.8, 4) is 6.07 Å². The van der Waals surface area contributed by atoms with Crippen molar-refractivity contribution in [1.29, 1.82) is 5.26 Å². The summed E-state index contributed by atoms with van der Waals surface area (Å²) in [5.74, 6) is 0. The first-order valence-electron chi connectivity index (χ1n) is 2.63. The molecule has 0 bridgehead atoms. The van der Waals surface area contributed by atoms with E-state index in [1.54, 1.807) is 6.92 Å². The van der Waals surface area contributed by atoms with Crippen LogP contribution in [0.2, 0.25) is 0 Å². The van der Waals surface area contributed by atoms with E-state index in [1.165, 1.54) is 0 Å². The first kappa shape index (κ1) is 5.58. The van der Waals surface area contributed by atoms with Gasteiger partial charge in [-0.2, -0.15) is 5.26 Å². The summed E-state index contributed by atoms with van der Waals surface area (Å²) in [5, 5.41) is 8.43. The van der Waals surface area contributed by atoms with Crippen LogP contribution in [-0.4, -0.2) is 11.2 Å². The molecule has 0 aromatic carbocycles. The molecule has 1 heterocycles. The second-order valence-corrected chi connectivity index (χ2v) is 2.76. The molecule has 1 fully saturated rings. The summed E-state index contributed by atoms with van der Waals surface area (Å²) < 4.78 is 5.08. The van der Waals surface area contributed by atoms with E-state index >= 15 is 0 Å². The second kappa shape index (κ2) is 1.06. The van der Waals surface area contributed by atoms with Crippen molar-refractivity contribution >= 4 is 0 Å². The minimum Gasteiger partial charge on any atom is -0.347 e. The van der Waals surface area contributed by atoms with Gasteiger partial charge in [0.05, 0.1) is 0 Å². The Kier molecular flexibility index (Phi) is 0.739. The number of hydrogen-bond acceptors (Lipinski definition) is 2. The predicted molar refractivity (Wildman–Crippen MR) is 29.2 cm³/mol. The van der Waals surface area contributed by atoms with Gasteiger partial charge in [0.2, 0.25) is 0 Å². The molecule has 1 aliphatic heterocycles. The van der Waals surface area contributed by atoms with E-state index < -0.39 is 5.60 Å². The topological polar surface area (TPSA) is 36.3 Å². The molecule has 2 heteroatoms. The zero-order valence-corrected chi connectivity index (χ0v) is 5.36. The Hall–Kier alpha value is -0.550. The molecule has 0 aromatic rings. The van der Waals surface area contributed by atoms with Gasteiger partial charge in [-0.15, -0.1) is 0 Å². The zero-order chi connectivity index (χ0) is 6.41. The molecule has 1 saturated heterocycles. The first-order chi connectivity index (χ1) is 3.52. The van der Waals surface area contributed by atoms with E-state index in [-0.39, 0.29) is 5.60 Å². The summed E-state index contributed by atoms with van der Waals surface area (Å²) in [6.07, 6.45) is 0. The van der Waals surface area contributed by atoms with Crippen LogP contribution in [0.1, 0.15) is 20.8 Å². The fraction of sp³-hybridized carbons (Fsp3) is 0.833. The van der Waals surface area contributed by atoms with Crippen molar-refractivity contribution in [3.63, 3.8) is 0 Å². The fourth-order valence-electron chi connectivity index (χ4n) is 0.642. The SMILES string of the molecule is CC1(C)OC1(C)C#N. The van der Waals surface area contributed by atoms with Gasteiger partial charge in [0, 0.05) is 0 Å². The molecule has 8 heavy (non-hydrogen) atoms.